The van der Waals surface area contributed by atoms with Crippen LogP contribution in [0.25, 0.3) is 0 Å². The predicted molar refractivity (Wildman–Crippen MR) is 89.2 cm³/mol. The number of amides is 2. The Balaban J connectivity index is 1.75. The predicted octanol–water partition coefficient (Wildman–Crippen LogP) is 3.57. The number of pyridine rings is 1. The third-order valence-electron chi connectivity index (χ3n) is 4.09. The molecule has 0 saturated carbocycles. The summed E-state index contributed by atoms with van der Waals surface area (Å²) in [6.07, 6.45) is 3.31. The van der Waals surface area contributed by atoms with Crippen LogP contribution in [0.4, 0.5) is 15.0 Å². The van der Waals surface area contributed by atoms with Gasteiger partial charge in [0.15, 0.2) is 0 Å². The molecule has 0 radical (unpaired) electrons. The number of nitrogens with zero attached hydrogens (tertiary/aromatic N) is 1. The Kier molecular flexibility index (Phi) is 5.05. The molecule has 3 rings (SSSR count). The molecule has 2 atom stereocenters. The minimum Gasteiger partial charge on any atom is -0.376 e. The highest BCUT2D eigenvalue weighted by atomic mass is 19.1. The van der Waals surface area contributed by atoms with Crippen molar-refractivity contribution in [3.05, 3.63) is 59.5 Å². The number of carbonyl (C=O) groups excluding carboxylic acids is 1. The smallest absolute Gasteiger partial charge is 0.320 e. The van der Waals surface area contributed by atoms with Gasteiger partial charge in [0.25, 0.3) is 0 Å². The number of carbonyl (C=O) groups is 1. The molecule has 0 aliphatic carbocycles. The molecule has 1 aromatic heterocycles. The van der Waals surface area contributed by atoms with E-state index in [1.807, 2.05) is 19.1 Å². The number of rotatable bonds is 4. The van der Waals surface area contributed by atoms with E-state index in [2.05, 4.69) is 15.6 Å². The monoisotopic (exact) mass is 329 g/mol. The van der Waals surface area contributed by atoms with Gasteiger partial charge in [-0.15, -0.1) is 0 Å². The van der Waals surface area contributed by atoms with E-state index in [9.17, 15) is 9.18 Å². The number of hydrogen-bond acceptors (Lipinski definition) is 3. The first-order valence-corrected chi connectivity index (χ1v) is 7.99. The molecule has 6 heteroatoms. The molecule has 1 aliphatic rings. The summed E-state index contributed by atoms with van der Waals surface area (Å²) in [5, 5.41) is 5.69. The van der Waals surface area contributed by atoms with Crippen LogP contribution >= 0.6 is 0 Å². The largest absolute Gasteiger partial charge is 0.376 e. The third-order valence-corrected chi connectivity index (χ3v) is 4.09. The van der Waals surface area contributed by atoms with Gasteiger partial charge < -0.3 is 10.1 Å². The fourth-order valence-electron chi connectivity index (χ4n) is 2.83. The molecule has 2 N–H and O–H groups in total. The fraction of sp³-hybridized carbons (Fsp3) is 0.333. The van der Waals surface area contributed by atoms with Crippen LogP contribution in [-0.2, 0) is 4.74 Å². The van der Waals surface area contributed by atoms with Crippen LogP contribution in [-0.4, -0.2) is 23.7 Å². The highest BCUT2D eigenvalue weighted by Crippen LogP contribution is 2.27. The molecule has 126 valence electrons. The quantitative estimate of drug-likeness (QED) is 0.901. The Hall–Kier alpha value is -2.47. The molecule has 0 bridgehead atoms. The van der Waals surface area contributed by atoms with Crippen LogP contribution < -0.4 is 10.6 Å². The first kappa shape index (κ1) is 16.4. The molecule has 5 nitrogen and oxygen atoms in total. The van der Waals surface area contributed by atoms with Crippen LogP contribution in [0, 0.1) is 12.7 Å². The van der Waals surface area contributed by atoms with Crippen LogP contribution in [0.5, 0.6) is 0 Å². The zero-order valence-corrected chi connectivity index (χ0v) is 13.5. The lowest BCUT2D eigenvalue weighted by molar-refractivity contribution is 0.0815. The zero-order valence-electron chi connectivity index (χ0n) is 13.5. The van der Waals surface area contributed by atoms with Crippen LogP contribution in [0.15, 0.2) is 42.6 Å². The van der Waals surface area contributed by atoms with E-state index in [-0.39, 0.29) is 24.0 Å². The van der Waals surface area contributed by atoms with E-state index in [4.69, 9.17) is 4.74 Å². The minimum absolute atomic E-state index is 0.119. The van der Waals surface area contributed by atoms with Gasteiger partial charge in [0.1, 0.15) is 11.6 Å². The number of urea groups is 1. The third kappa shape index (κ3) is 3.89. The molecule has 1 saturated heterocycles. The van der Waals surface area contributed by atoms with Crippen molar-refractivity contribution in [1.82, 2.24) is 10.3 Å². The highest BCUT2D eigenvalue weighted by molar-refractivity contribution is 5.89. The molecular weight excluding hydrogens is 309 g/mol. The minimum atomic E-state index is -0.360. The molecule has 0 unspecified atom stereocenters. The Bertz CT molecular complexity index is 700. The van der Waals surface area contributed by atoms with Crippen molar-refractivity contribution in [2.45, 2.75) is 31.9 Å². The van der Waals surface area contributed by atoms with Crippen molar-refractivity contribution in [1.29, 1.82) is 0 Å². The van der Waals surface area contributed by atoms with Gasteiger partial charge in [0.2, 0.25) is 0 Å². The lowest BCUT2D eigenvalue weighted by Gasteiger charge is -2.25. The van der Waals surface area contributed by atoms with Crippen molar-refractivity contribution < 1.29 is 13.9 Å². The number of anilines is 1. The lowest BCUT2D eigenvalue weighted by Crippen LogP contribution is -2.39. The second kappa shape index (κ2) is 7.40. The van der Waals surface area contributed by atoms with Crippen molar-refractivity contribution in [3.8, 4) is 0 Å². The molecule has 2 amide bonds. The van der Waals surface area contributed by atoms with E-state index in [1.165, 1.54) is 12.1 Å². The number of nitrogens with one attached hydrogen (secondary N) is 2. The number of hydrogen-bond donors (Lipinski definition) is 2. The number of halogens is 1. The van der Waals surface area contributed by atoms with E-state index in [0.29, 0.717) is 12.4 Å². The van der Waals surface area contributed by atoms with Gasteiger partial charge in [-0.05, 0) is 49.1 Å². The first-order chi connectivity index (χ1) is 11.6. The molecule has 1 fully saturated rings. The maximum atomic E-state index is 13.2. The molecular formula is C18H20FN3O2. The Morgan fingerprint density at radius 3 is 2.79 bits per heavy atom. The van der Waals surface area contributed by atoms with Crippen LogP contribution in [0.2, 0.25) is 0 Å². The summed E-state index contributed by atoms with van der Waals surface area (Å²) in [6.45, 7) is 2.55. The highest BCUT2D eigenvalue weighted by Gasteiger charge is 2.29. The van der Waals surface area contributed by atoms with Gasteiger partial charge >= 0.3 is 6.03 Å². The normalized spacial score (nSPS) is 18.2. The summed E-state index contributed by atoms with van der Waals surface area (Å²) in [4.78, 5) is 16.5. The first-order valence-electron chi connectivity index (χ1n) is 7.99. The van der Waals surface area contributed by atoms with Crippen molar-refractivity contribution >= 4 is 11.8 Å². The summed E-state index contributed by atoms with van der Waals surface area (Å²) in [7, 11) is 0. The Morgan fingerprint density at radius 1 is 1.33 bits per heavy atom. The average Bonchev–Trinajstić information content (AvgIpc) is 3.10. The van der Waals surface area contributed by atoms with E-state index >= 15 is 0 Å². The van der Waals surface area contributed by atoms with Crippen molar-refractivity contribution in [2.75, 3.05) is 11.9 Å². The van der Waals surface area contributed by atoms with Gasteiger partial charge in [-0.1, -0.05) is 18.2 Å². The van der Waals surface area contributed by atoms with Gasteiger partial charge in [-0.25, -0.2) is 14.2 Å². The number of ether oxygens (including phenoxy) is 1. The van der Waals surface area contributed by atoms with Gasteiger partial charge in [-0.2, -0.15) is 0 Å². The Labute approximate surface area is 140 Å². The summed E-state index contributed by atoms with van der Waals surface area (Å²) < 4.78 is 18.9. The van der Waals surface area contributed by atoms with Crippen molar-refractivity contribution in [3.63, 3.8) is 0 Å². The maximum absolute atomic E-state index is 13.2. The average molecular weight is 329 g/mol. The number of benzene rings is 1. The number of aryl methyl sites for hydroxylation is 1. The summed E-state index contributed by atoms with van der Waals surface area (Å²) in [5.74, 6) is 0.207. The molecule has 24 heavy (non-hydrogen) atoms. The molecule has 2 heterocycles. The zero-order chi connectivity index (χ0) is 16.9. The van der Waals surface area contributed by atoms with Gasteiger partial charge in [0, 0.05) is 12.8 Å². The van der Waals surface area contributed by atoms with Gasteiger partial charge in [-0.3, -0.25) is 5.32 Å². The molecule has 1 aliphatic heterocycles. The van der Waals surface area contributed by atoms with E-state index in [0.717, 1.165) is 24.0 Å². The molecule has 1 aromatic carbocycles. The standard InChI is InChI=1S/C18H20FN3O2/c1-12-4-2-10-20-17(12)22-18(23)21-16(15-5-3-11-24-15)13-6-8-14(19)9-7-13/h2,4,6-10,15-16H,3,5,11H2,1H3,(H2,20,21,22,23)/t15-,16+/m1/s1. The molecule has 2 aromatic rings. The maximum Gasteiger partial charge on any atom is 0.320 e. The van der Waals surface area contributed by atoms with Gasteiger partial charge in [0.05, 0.1) is 12.1 Å². The molecule has 0 spiro atoms. The van der Waals surface area contributed by atoms with Crippen LogP contribution in [0.1, 0.15) is 30.0 Å². The second-order valence-electron chi connectivity index (χ2n) is 5.85. The van der Waals surface area contributed by atoms with Crippen LogP contribution in [0.3, 0.4) is 0 Å². The second-order valence-corrected chi connectivity index (χ2v) is 5.85. The van der Waals surface area contributed by atoms with E-state index < -0.39 is 0 Å². The summed E-state index contributed by atoms with van der Waals surface area (Å²) in [5.41, 5.74) is 1.69. The fourth-order valence-corrected chi connectivity index (χ4v) is 2.83. The summed E-state index contributed by atoms with van der Waals surface area (Å²) in [6, 6.07) is 9.12. The van der Waals surface area contributed by atoms with E-state index in [1.54, 1.807) is 18.3 Å². The number of aromatic nitrogens is 1. The lowest BCUT2D eigenvalue weighted by atomic mass is 9.99. The van der Waals surface area contributed by atoms with Crippen molar-refractivity contribution in [2.24, 2.45) is 0 Å². The Morgan fingerprint density at radius 2 is 2.12 bits per heavy atom. The summed E-state index contributed by atoms with van der Waals surface area (Å²) >= 11 is 0. The SMILES string of the molecule is Cc1cccnc1NC(=O)N[C@@H](c1ccc(F)cc1)[C@H]1CCCO1. The topological polar surface area (TPSA) is 63.2 Å².